The highest BCUT2D eigenvalue weighted by atomic mass is 32.1. The molecule has 1 aromatic rings. The summed E-state index contributed by atoms with van der Waals surface area (Å²) in [6, 6.07) is 0. The lowest BCUT2D eigenvalue weighted by Crippen LogP contribution is -2.07. The zero-order chi connectivity index (χ0) is 13.5. The van der Waals surface area contributed by atoms with Gasteiger partial charge in [0, 0.05) is 13.5 Å². The van der Waals surface area contributed by atoms with E-state index in [-0.39, 0.29) is 18.1 Å². The highest BCUT2D eigenvalue weighted by Crippen LogP contribution is 2.20. The van der Waals surface area contributed by atoms with E-state index in [9.17, 15) is 13.6 Å². The minimum absolute atomic E-state index is 0.0866. The Kier molecular flexibility index (Phi) is 6.10. The molecule has 0 bridgehead atoms. The number of methoxy groups -OCH3 is 1. The summed E-state index contributed by atoms with van der Waals surface area (Å²) >= 11 is 1.01. The van der Waals surface area contributed by atoms with E-state index in [4.69, 9.17) is 14.6 Å². The van der Waals surface area contributed by atoms with Crippen LogP contribution < -0.4 is 0 Å². The van der Waals surface area contributed by atoms with Crippen LogP contribution in [0.4, 0.5) is 8.78 Å². The molecule has 0 saturated heterocycles. The summed E-state index contributed by atoms with van der Waals surface area (Å²) in [6.07, 6.45) is -2.19. The number of rotatable bonds is 8. The van der Waals surface area contributed by atoms with Crippen molar-refractivity contribution in [3.05, 3.63) is 15.6 Å². The molecule has 0 radical (unpaired) electrons. The normalized spacial score (nSPS) is 11.1. The van der Waals surface area contributed by atoms with E-state index in [1.807, 2.05) is 0 Å². The molecule has 18 heavy (non-hydrogen) atoms. The first-order valence-electron chi connectivity index (χ1n) is 5.11. The number of alkyl halides is 2. The molecule has 0 atom stereocenters. The SMILES string of the molecule is COCc1nc(CCOCC(F)F)sc1C(=O)O. The largest absolute Gasteiger partial charge is 0.477 e. The van der Waals surface area contributed by atoms with Crippen LogP contribution in [-0.2, 0) is 22.5 Å². The van der Waals surface area contributed by atoms with Crippen molar-refractivity contribution >= 4 is 17.3 Å². The molecule has 0 amide bonds. The molecule has 0 unspecified atom stereocenters. The minimum Gasteiger partial charge on any atom is -0.477 e. The Morgan fingerprint density at radius 1 is 1.56 bits per heavy atom. The van der Waals surface area contributed by atoms with Gasteiger partial charge in [-0.25, -0.2) is 18.6 Å². The van der Waals surface area contributed by atoms with Gasteiger partial charge in [-0.3, -0.25) is 0 Å². The van der Waals surface area contributed by atoms with Crippen molar-refractivity contribution < 1.29 is 28.2 Å². The molecule has 1 N–H and O–H groups in total. The lowest BCUT2D eigenvalue weighted by Gasteiger charge is -2.00. The summed E-state index contributed by atoms with van der Waals surface area (Å²) in [4.78, 5) is 15.1. The quantitative estimate of drug-likeness (QED) is 0.736. The third-order valence-electron chi connectivity index (χ3n) is 1.92. The molecule has 0 aliphatic carbocycles. The van der Waals surface area contributed by atoms with E-state index in [0.717, 1.165) is 11.3 Å². The van der Waals surface area contributed by atoms with Crippen molar-refractivity contribution in [2.45, 2.75) is 19.5 Å². The predicted molar refractivity (Wildman–Crippen MR) is 60.3 cm³/mol. The van der Waals surface area contributed by atoms with Crippen molar-refractivity contribution in [2.24, 2.45) is 0 Å². The van der Waals surface area contributed by atoms with Crippen LogP contribution in [-0.4, -0.2) is 42.8 Å². The minimum atomic E-state index is -2.50. The molecule has 0 aliphatic rings. The maximum Gasteiger partial charge on any atom is 0.347 e. The molecule has 1 heterocycles. The average molecular weight is 281 g/mol. The Balaban J connectivity index is 2.55. The molecule has 1 aromatic heterocycles. The van der Waals surface area contributed by atoms with Crippen LogP contribution in [0, 0.1) is 0 Å². The van der Waals surface area contributed by atoms with Gasteiger partial charge in [-0.05, 0) is 0 Å². The highest BCUT2D eigenvalue weighted by molar-refractivity contribution is 7.13. The van der Waals surface area contributed by atoms with Gasteiger partial charge in [0.1, 0.15) is 11.5 Å². The van der Waals surface area contributed by atoms with Crippen LogP contribution in [0.15, 0.2) is 0 Å². The number of thiazole rings is 1. The Morgan fingerprint density at radius 2 is 2.28 bits per heavy atom. The summed E-state index contributed by atoms with van der Waals surface area (Å²) in [5.41, 5.74) is 0.346. The van der Waals surface area contributed by atoms with Gasteiger partial charge in [0.15, 0.2) is 0 Å². The fraction of sp³-hybridized carbons (Fsp3) is 0.600. The molecule has 8 heteroatoms. The summed E-state index contributed by atoms with van der Waals surface area (Å²) in [6.45, 7) is -0.429. The van der Waals surface area contributed by atoms with Crippen molar-refractivity contribution in [3.8, 4) is 0 Å². The summed E-state index contributed by atoms with van der Waals surface area (Å²) in [5.74, 6) is -1.07. The highest BCUT2D eigenvalue weighted by Gasteiger charge is 2.17. The lowest BCUT2D eigenvalue weighted by molar-refractivity contribution is 0.0187. The summed E-state index contributed by atoms with van der Waals surface area (Å²) in [5, 5.41) is 9.47. The van der Waals surface area contributed by atoms with Crippen molar-refractivity contribution in [1.29, 1.82) is 0 Å². The monoisotopic (exact) mass is 281 g/mol. The molecule has 102 valence electrons. The van der Waals surface area contributed by atoms with Gasteiger partial charge >= 0.3 is 5.97 Å². The number of carboxylic acids is 1. The number of carbonyl (C=O) groups is 1. The third kappa shape index (κ3) is 4.63. The molecule has 0 spiro atoms. The lowest BCUT2D eigenvalue weighted by atomic mass is 10.4. The molecule has 0 saturated carbocycles. The topological polar surface area (TPSA) is 68.7 Å². The first kappa shape index (κ1) is 14.9. The Labute approximate surface area is 106 Å². The van der Waals surface area contributed by atoms with E-state index in [1.165, 1.54) is 7.11 Å². The first-order chi connectivity index (χ1) is 8.54. The smallest absolute Gasteiger partial charge is 0.347 e. The zero-order valence-electron chi connectivity index (χ0n) is 9.69. The second-order valence-electron chi connectivity index (χ2n) is 3.34. The van der Waals surface area contributed by atoms with Crippen molar-refractivity contribution in [2.75, 3.05) is 20.3 Å². The standard InChI is InChI=1S/C10H13F2NO4S/c1-16-4-6-9(10(14)15)18-8(13-6)2-3-17-5-7(11)12/h7H,2-5H2,1H3,(H,14,15). The number of aromatic nitrogens is 1. The van der Waals surface area contributed by atoms with Crippen LogP contribution in [0.25, 0.3) is 0 Å². The number of ether oxygens (including phenoxy) is 2. The molecular formula is C10H13F2NO4S. The van der Waals surface area contributed by atoms with Crippen LogP contribution in [0.1, 0.15) is 20.4 Å². The van der Waals surface area contributed by atoms with E-state index < -0.39 is 19.0 Å². The molecule has 5 nitrogen and oxygen atoms in total. The number of hydrogen-bond donors (Lipinski definition) is 1. The summed E-state index contributed by atoms with van der Waals surface area (Å²) < 4.78 is 33.2. The van der Waals surface area contributed by atoms with Gasteiger partial charge in [0.2, 0.25) is 0 Å². The molecule has 0 aliphatic heterocycles. The molecular weight excluding hydrogens is 268 g/mol. The second-order valence-corrected chi connectivity index (χ2v) is 4.42. The number of aromatic carboxylic acids is 1. The number of halogens is 2. The van der Waals surface area contributed by atoms with Gasteiger partial charge in [-0.2, -0.15) is 0 Å². The average Bonchev–Trinajstić information content (AvgIpc) is 2.68. The van der Waals surface area contributed by atoms with Crippen molar-refractivity contribution in [3.63, 3.8) is 0 Å². The predicted octanol–water partition coefficient (Wildman–Crippen LogP) is 1.81. The fourth-order valence-electron chi connectivity index (χ4n) is 1.24. The Morgan fingerprint density at radius 3 is 2.83 bits per heavy atom. The zero-order valence-corrected chi connectivity index (χ0v) is 10.5. The number of nitrogens with zero attached hydrogens (tertiary/aromatic N) is 1. The van der Waals surface area contributed by atoms with Crippen LogP contribution in [0.2, 0.25) is 0 Å². The van der Waals surface area contributed by atoms with Crippen LogP contribution >= 0.6 is 11.3 Å². The van der Waals surface area contributed by atoms with Crippen LogP contribution in [0.3, 0.4) is 0 Å². The maximum absolute atomic E-state index is 11.8. The summed E-state index contributed by atoms with van der Waals surface area (Å²) in [7, 11) is 1.44. The third-order valence-corrected chi connectivity index (χ3v) is 3.07. The van der Waals surface area contributed by atoms with Gasteiger partial charge in [0.25, 0.3) is 6.43 Å². The fourth-order valence-corrected chi connectivity index (χ4v) is 2.13. The van der Waals surface area contributed by atoms with Gasteiger partial charge in [-0.1, -0.05) is 0 Å². The number of hydrogen-bond acceptors (Lipinski definition) is 5. The van der Waals surface area contributed by atoms with Gasteiger partial charge in [-0.15, -0.1) is 11.3 Å². The van der Waals surface area contributed by atoms with E-state index >= 15 is 0 Å². The van der Waals surface area contributed by atoms with E-state index in [0.29, 0.717) is 17.1 Å². The van der Waals surface area contributed by atoms with Gasteiger partial charge < -0.3 is 14.6 Å². The van der Waals surface area contributed by atoms with Crippen molar-refractivity contribution in [1.82, 2.24) is 4.98 Å². The van der Waals surface area contributed by atoms with Crippen LogP contribution in [0.5, 0.6) is 0 Å². The molecule has 1 rings (SSSR count). The second kappa shape index (κ2) is 7.34. The maximum atomic E-state index is 11.8. The first-order valence-corrected chi connectivity index (χ1v) is 5.93. The number of carboxylic acid groups (broad SMARTS) is 1. The molecule has 0 fully saturated rings. The molecule has 0 aromatic carbocycles. The Bertz CT molecular complexity index is 397. The van der Waals surface area contributed by atoms with E-state index in [1.54, 1.807) is 0 Å². The van der Waals surface area contributed by atoms with Gasteiger partial charge in [0.05, 0.1) is 23.9 Å². The van der Waals surface area contributed by atoms with E-state index in [2.05, 4.69) is 4.98 Å². The Hall–Kier alpha value is -1.12.